The van der Waals surface area contributed by atoms with Crippen LogP contribution in [0.15, 0.2) is 84.9 Å². The number of nitrogens with zero attached hydrogens (tertiary/aromatic N) is 2. The minimum absolute atomic E-state index is 0.0392. The summed E-state index contributed by atoms with van der Waals surface area (Å²) in [6.07, 6.45) is 0.490. The molecule has 3 aromatic carbocycles. The third kappa shape index (κ3) is 4.39. The van der Waals surface area contributed by atoms with E-state index in [1.54, 1.807) is 12.1 Å². The highest BCUT2D eigenvalue weighted by Gasteiger charge is 2.35. The Kier molecular flexibility index (Phi) is 5.86. The quantitative estimate of drug-likeness (QED) is 0.502. The molecule has 1 aliphatic heterocycles. The molecule has 1 amide bonds. The summed E-state index contributed by atoms with van der Waals surface area (Å²) in [4.78, 5) is 25.8. The molecule has 1 fully saturated rings. The van der Waals surface area contributed by atoms with Crippen molar-refractivity contribution in [2.75, 3.05) is 6.54 Å². The molecular weight excluding hydrogens is 378 g/mol. The molecule has 2 atom stereocenters. The van der Waals surface area contributed by atoms with Crippen molar-refractivity contribution < 1.29 is 9.72 Å². The van der Waals surface area contributed by atoms with Crippen LogP contribution in [0.1, 0.15) is 22.7 Å². The number of nitro groups is 1. The SMILES string of the molecule is O=C1[C@H](Cc2ccc([N+](=O)[O-])cc2)NCC(c2ccccc2)N1Cc1ccccc1. The largest absolute Gasteiger partial charge is 0.329 e. The monoisotopic (exact) mass is 401 g/mol. The Morgan fingerprint density at radius 1 is 0.900 bits per heavy atom. The molecule has 1 heterocycles. The molecule has 0 spiro atoms. The molecule has 1 N–H and O–H groups in total. The van der Waals surface area contributed by atoms with Crippen LogP contribution in [0.4, 0.5) is 5.69 Å². The van der Waals surface area contributed by atoms with Crippen LogP contribution in [-0.4, -0.2) is 28.3 Å². The Morgan fingerprint density at radius 2 is 1.53 bits per heavy atom. The van der Waals surface area contributed by atoms with Crippen LogP contribution in [0.3, 0.4) is 0 Å². The van der Waals surface area contributed by atoms with Crippen molar-refractivity contribution in [3.05, 3.63) is 112 Å². The lowest BCUT2D eigenvalue weighted by molar-refractivity contribution is -0.384. The number of amides is 1. The van der Waals surface area contributed by atoms with Gasteiger partial charge in [-0.05, 0) is 23.1 Å². The summed E-state index contributed by atoms with van der Waals surface area (Å²) in [7, 11) is 0. The summed E-state index contributed by atoms with van der Waals surface area (Å²) in [6, 6.07) is 26.0. The molecule has 1 saturated heterocycles. The molecule has 0 saturated carbocycles. The average Bonchev–Trinajstić information content (AvgIpc) is 2.78. The van der Waals surface area contributed by atoms with Gasteiger partial charge in [0.15, 0.2) is 0 Å². The maximum absolute atomic E-state index is 13.4. The number of carbonyl (C=O) groups excluding carboxylic acids is 1. The van der Waals surface area contributed by atoms with Crippen LogP contribution in [-0.2, 0) is 17.8 Å². The highest BCUT2D eigenvalue weighted by atomic mass is 16.6. The van der Waals surface area contributed by atoms with E-state index in [0.29, 0.717) is 19.5 Å². The van der Waals surface area contributed by atoms with Gasteiger partial charge in [0.05, 0.1) is 17.0 Å². The lowest BCUT2D eigenvalue weighted by atomic mass is 9.96. The lowest BCUT2D eigenvalue weighted by Crippen LogP contribution is -2.56. The Hall–Kier alpha value is -3.51. The average molecular weight is 401 g/mol. The standard InChI is InChI=1S/C24H23N3O3/c28-24-22(15-18-11-13-21(14-12-18)27(29)30)25-16-23(20-9-5-2-6-10-20)26(24)17-19-7-3-1-4-8-19/h1-14,22-23,25H,15-17H2/t22-,23?/m0/s1. The van der Waals surface area contributed by atoms with E-state index in [1.807, 2.05) is 65.6 Å². The second kappa shape index (κ2) is 8.88. The summed E-state index contributed by atoms with van der Waals surface area (Å²) < 4.78 is 0. The third-order valence-electron chi connectivity index (χ3n) is 5.48. The zero-order valence-corrected chi connectivity index (χ0v) is 16.5. The smallest absolute Gasteiger partial charge is 0.269 e. The maximum atomic E-state index is 13.4. The van der Waals surface area contributed by atoms with Crippen LogP contribution in [0, 0.1) is 10.1 Å². The molecule has 0 aromatic heterocycles. The fourth-order valence-electron chi connectivity index (χ4n) is 3.90. The fourth-order valence-corrected chi connectivity index (χ4v) is 3.90. The van der Waals surface area contributed by atoms with Crippen molar-refractivity contribution >= 4 is 11.6 Å². The van der Waals surface area contributed by atoms with Crippen LogP contribution >= 0.6 is 0 Å². The second-order valence-electron chi connectivity index (χ2n) is 7.47. The summed E-state index contributed by atoms with van der Waals surface area (Å²) in [5.41, 5.74) is 3.13. The van der Waals surface area contributed by atoms with Gasteiger partial charge in [-0.1, -0.05) is 72.8 Å². The molecule has 152 valence electrons. The zero-order valence-electron chi connectivity index (χ0n) is 16.5. The van der Waals surface area contributed by atoms with Gasteiger partial charge in [0, 0.05) is 25.2 Å². The van der Waals surface area contributed by atoms with Crippen molar-refractivity contribution in [2.24, 2.45) is 0 Å². The lowest BCUT2D eigenvalue weighted by Gasteiger charge is -2.40. The van der Waals surface area contributed by atoms with E-state index in [1.165, 1.54) is 12.1 Å². The van der Waals surface area contributed by atoms with Gasteiger partial charge < -0.3 is 10.2 Å². The molecule has 1 unspecified atom stereocenters. The number of nitrogens with one attached hydrogen (secondary N) is 1. The number of nitro benzene ring substituents is 1. The number of hydrogen-bond donors (Lipinski definition) is 1. The first kappa shape index (κ1) is 19.8. The van der Waals surface area contributed by atoms with Crippen molar-refractivity contribution in [2.45, 2.75) is 25.0 Å². The Morgan fingerprint density at radius 3 is 2.17 bits per heavy atom. The number of non-ortho nitro benzene ring substituents is 1. The fraction of sp³-hybridized carbons (Fsp3) is 0.208. The highest BCUT2D eigenvalue weighted by Crippen LogP contribution is 2.27. The van der Waals surface area contributed by atoms with Crippen LogP contribution < -0.4 is 5.32 Å². The Labute approximate surface area is 175 Å². The van der Waals surface area contributed by atoms with E-state index < -0.39 is 4.92 Å². The maximum Gasteiger partial charge on any atom is 0.269 e. The molecule has 6 nitrogen and oxygen atoms in total. The second-order valence-corrected chi connectivity index (χ2v) is 7.47. The van der Waals surface area contributed by atoms with Gasteiger partial charge in [-0.2, -0.15) is 0 Å². The summed E-state index contributed by atoms with van der Waals surface area (Å²) in [5, 5.41) is 14.3. The molecule has 4 rings (SSSR count). The van der Waals surface area contributed by atoms with Crippen molar-refractivity contribution in [3.8, 4) is 0 Å². The van der Waals surface area contributed by atoms with Crippen LogP contribution in [0.5, 0.6) is 0 Å². The van der Waals surface area contributed by atoms with Gasteiger partial charge in [0.1, 0.15) is 0 Å². The Bertz CT molecular complexity index is 1010. The summed E-state index contributed by atoms with van der Waals surface area (Å²) in [6.45, 7) is 1.19. The molecular formula is C24H23N3O3. The summed E-state index contributed by atoms with van der Waals surface area (Å²) >= 11 is 0. The Balaban J connectivity index is 1.56. The van der Waals surface area contributed by atoms with Gasteiger partial charge in [0.25, 0.3) is 5.69 Å². The first-order chi connectivity index (χ1) is 14.6. The van der Waals surface area contributed by atoms with Crippen molar-refractivity contribution in [1.82, 2.24) is 10.2 Å². The normalized spacial score (nSPS) is 18.9. The van der Waals surface area contributed by atoms with Gasteiger partial charge >= 0.3 is 0 Å². The predicted octanol–water partition coefficient (Wildman–Crippen LogP) is 3.88. The molecule has 6 heteroatoms. The van der Waals surface area contributed by atoms with E-state index in [2.05, 4.69) is 5.32 Å². The number of hydrogen-bond acceptors (Lipinski definition) is 4. The first-order valence-corrected chi connectivity index (χ1v) is 9.98. The van der Waals surface area contributed by atoms with E-state index >= 15 is 0 Å². The van der Waals surface area contributed by atoms with Crippen molar-refractivity contribution in [3.63, 3.8) is 0 Å². The topological polar surface area (TPSA) is 75.5 Å². The van der Waals surface area contributed by atoms with Crippen LogP contribution in [0.2, 0.25) is 0 Å². The molecule has 0 radical (unpaired) electrons. The zero-order chi connectivity index (χ0) is 20.9. The summed E-state index contributed by atoms with van der Waals surface area (Å²) in [5.74, 6) is 0.0392. The van der Waals surface area contributed by atoms with Gasteiger partial charge in [-0.25, -0.2) is 0 Å². The number of rotatable bonds is 6. The van der Waals surface area contributed by atoms with E-state index in [0.717, 1.165) is 16.7 Å². The number of carbonyl (C=O) groups is 1. The highest BCUT2D eigenvalue weighted by molar-refractivity contribution is 5.83. The minimum Gasteiger partial charge on any atom is -0.329 e. The van der Waals surface area contributed by atoms with E-state index in [4.69, 9.17) is 0 Å². The third-order valence-corrected chi connectivity index (χ3v) is 5.48. The number of benzene rings is 3. The predicted molar refractivity (Wildman–Crippen MR) is 115 cm³/mol. The molecule has 0 aliphatic carbocycles. The van der Waals surface area contributed by atoms with Gasteiger partial charge in [0.2, 0.25) is 5.91 Å². The molecule has 30 heavy (non-hydrogen) atoms. The first-order valence-electron chi connectivity index (χ1n) is 9.98. The number of piperazine rings is 1. The van der Waals surface area contributed by atoms with Gasteiger partial charge in [-0.3, -0.25) is 14.9 Å². The molecule has 0 bridgehead atoms. The van der Waals surface area contributed by atoms with Gasteiger partial charge in [-0.15, -0.1) is 0 Å². The van der Waals surface area contributed by atoms with Crippen LogP contribution in [0.25, 0.3) is 0 Å². The molecule has 1 aliphatic rings. The van der Waals surface area contributed by atoms with E-state index in [-0.39, 0.29) is 23.7 Å². The van der Waals surface area contributed by atoms with Crippen molar-refractivity contribution in [1.29, 1.82) is 0 Å². The molecule has 3 aromatic rings. The minimum atomic E-state index is -0.417. The van der Waals surface area contributed by atoms with E-state index in [9.17, 15) is 14.9 Å².